The Morgan fingerprint density at radius 2 is 1.95 bits per heavy atom. The molecule has 3 nitrogen and oxygen atoms in total. The number of rotatable bonds is 5. The number of carbonyl (C=O) groups is 1. The van der Waals surface area contributed by atoms with Gasteiger partial charge in [0.2, 0.25) is 0 Å². The zero-order chi connectivity index (χ0) is 15.6. The Morgan fingerprint density at radius 3 is 2.48 bits per heavy atom. The fourth-order valence-corrected chi connectivity index (χ4v) is 2.84. The Labute approximate surface area is 134 Å². The lowest BCUT2D eigenvalue weighted by Crippen LogP contribution is -2.52. The van der Waals surface area contributed by atoms with Crippen LogP contribution in [0.2, 0.25) is 0 Å². The summed E-state index contributed by atoms with van der Waals surface area (Å²) in [5.41, 5.74) is 0.688. The normalized spacial score (nSPS) is 18.9. The van der Waals surface area contributed by atoms with E-state index in [4.69, 9.17) is 0 Å². The molecule has 2 rings (SSSR count). The van der Waals surface area contributed by atoms with E-state index in [0.29, 0.717) is 24.6 Å². The third kappa shape index (κ3) is 4.04. The van der Waals surface area contributed by atoms with E-state index < -0.39 is 6.17 Å². The van der Waals surface area contributed by atoms with E-state index in [1.807, 2.05) is 38.2 Å². The van der Waals surface area contributed by atoms with Crippen LogP contribution in [-0.2, 0) is 0 Å². The first-order valence-electron chi connectivity index (χ1n) is 7.27. The van der Waals surface area contributed by atoms with Crippen LogP contribution in [0.3, 0.4) is 0 Å². The third-order valence-corrected chi connectivity index (χ3v) is 4.83. The van der Waals surface area contributed by atoms with E-state index in [1.165, 1.54) is 0 Å². The van der Waals surface area contributed by atoms with Gasteiger partial charge in [0.1, 0.15) is 6.17 Å². The highest BCUT2D eigenvalue weighted by molar-refractivity contribution is 9.10. The van der Waals surface area contributed by atoms with Crippen molar-refractivity contribution in [3.8, 4) is 0 Å². The van der Waals surface area contributed by atoms with Gasteiger partial charge in [0, 0.05) is 42.8 Å². The second-order valence-corrected chi connectivity index (χ2v) is 6.87. The number of halogens is 2. The second-order valence-electron chi connectivity index (χ2n) is 5.96. The van der Waals surface area contributed by atoms with Crippen LogP contribution in [0.5, 0.6) is 0 Å². The molecule has 0 aliphatic carbocycles. The van der Waals surface area contributed by atoms with E-state index in [1.54, 1.807) is 4.90 Å². The predicted molar refractivity (Wildman–Crippen MR) is 86.2 cm³/mol. The largest absolute Gasteiger partial charge is 0.339 e. The Kier molecular flexibility index (Phi) is 5.38. The molecule has 116 valence electrons. The molecule has 1 saturated heterocycles. The minimum absolute atomic E-state index is 0.0221. The molecule has 2 unspecified atom stereocenters. The first-order chi connectivity index (χ1) is 9.88. The zero-order valence-electron chi connectivity index (χ0n) is 12.7. The Hall–Kier alpha value is -0.940. The maximum absolute atomic E-state index is 12.8. The lowest BCUT2D eigenvalue weighted by atomic mass is 9.99. The van der Waals surface area contributed by atoms with E-state index in [2.05, 4.69) is 27.8 Å². The fraction of sp³-hybridized carbons (Fsp3) is 0.562. The first kappa shape index (κ1) is 16.4. The van der Waals surface area contributed by atoms with Gasteiger partial charge >= 0.3 is 0 Å². The van der Waals surface area contributed by atoms with Crippen molar-refractivity contribution in [1.82, 2.24) is 9.80 Å². The molecule has 1 aliphatic rings. The highest BCUT2D eigenvalue weighted by Gasteiger charge is 2.30. The number of likely N-dealkylation sites (tertiary alicyclic amines) is 1. The van der Waals surface area contributed by atoms with Gasteiger partial charge in [0.15, 0.2) is 0 Å². The van der Waals surface area contributed by atoms with Crippen molar-refractivity contribution < 1.29 is 9.18 Å². The predicted octanol–water partition coefficient (Wildman–Crippen LogP) is 3.20. The van der Waals surface area contributed by atoms with E-state index >= 15 is 0 Å². The molecular weight excluding hydrogens is 335 g/mol. The summed E-state index contributed by atoms with van der Waals surface area (Å²) in [6.07, 6.45) is -0.672. The standard InChI is InChI=1S/C16H22BrFN2O/c1-11(8-20-9-15(18)10-20)12(2)19(3)16(21)13-4-6-14(17)7-5-13/h4-7,11-12,15H,8-10H2,1-3H3. The fourth-order valence-electron chi connectivity index (χ4n) is 2.58. The number of amides is 1. The molecule has 1 heterocycles. The van der Waals surface area contributed by atoms with Gasteiger partial charge in [-0.3, -0.25) is 9.69 Å². The van der Waals surface area contributed by atoms with E-state index in [-0.39, 0.29) is 11.9 Å². The summed E-state index contributed by atoms with van der Waals surface area (Å²) in [5.74, 6) is 0.329. The molecule has 0 N–H and O–H groups in total. The maximum atomic E-state index is 12.8. The molecule has 0 bridgehead atoms. The van der Waals surface area contributed by atoms with Gasteiger partial charge < -0.3 is 4.90 Å². The van der Waals surface area contributed by atoms with E-state index in [9.17, 15) is 9.18 Å². The number of nitrogens with zero attached hydrogens (tertiary/aromatic N) is 2. The number of alkyl halides is 1. The lowest BCUT2D eigenvalue weighted by Gasteiger charge is -2.39. The molecule has 0 aromatic heterocycles. The molecule has 1 aliphatic heterocycles. The highest BCUT2D eigenvalue weighted by Crippen LogP contribution is 2.19. The smallest absolute Gasteiger partial charge is 0.253 e. The van der Waals surface area contributed by atoms with Crippen molar-refractivity contribution >= 4 is 21.8 Å². The molecule has 0 spiro atoms. The van der Waals surface area contributed by atoms with Crippen LogP contribution in [0.25, 0.3) is 0 Å². The van der Waals surface area contributed by atoms with Gasteiger partial charge in [0.05, 0.1) is 0 Å². The monoisotopic (exact) mass is 356 g/mol. The number of carbonyl (C=O) groups excluding carboxylic acids is 1. The number of benzene rings is 1. The SMILES string of the molecule is CC(CN1CC(F)C1)C(C)N(C)C(=O)c1ccc(Br)cc1. The van der Waals surface area contributed by atoms with Gasteiger partial charge in [-0.05, 0) is 37.1 Å². The van der Waals surface area contributed by atoms with Gasteiger partial charge in [0.25, 0.3) is 5.91 Å². The Balaban J connectivity index is 1.92. The van der Waals surface area contributed by atoms with Crippen molar-refractivity contribution in [2.75, 3.05) is 26.7 Å². The molecule has 5 heteroatoms. The number of hydrogen-bond donors (Lipinski definition) is 0. The molecule has 0 radical (unpaired) electrons. The summed E-state index contributed by atoms with van der Waals surface area (Å²) >= 11 is 3.37. The molecule has 2 atom stereocenters. The minimum Gasteiger partial charge on any atom is -0.339 e. The van der Waals surface area contributed by atoms with Crippen LogP contribution in [0.15, 0.2) is 28.7 Å². The van der Waals surface area contributed by atoms with Gasteiger partial charge in [-0.15, -0.1) is 0 Å². The number of hydrogen-bond acceptors (Lipinski definition) is 2. The summed E-state index contributed by atoms with van der Waals surface area (Å²) < 4.78 is 13.8. The third-order valence-electron chi connectivity index (χ3n) is 4.30. The highest BCUT2D eigenvalue weighted by atomic mass is 79.9. The second kappa shape index (κ2) is 6.88. The van der Waals surface area contributed by atoms with Crippen LogP contribution >= 0.6 is 15.9 Å². The Morgan fingerprint density at radius 1 is 1.38 bits per heavy atom. The van der Waals surface area contributed by atoms with Crippen LogP contribution in [0.1, 0.15) is 24.2 Å². The van der Waals surface area contributed by atoms with Gasteiger partial charge in [-0.1, -0.05) is 22.9 Å². The summed E-state index contributed by atoms with van der Waals surface area (Å²) in [5, 5.41) is 0. The summed E-state index contributed by atoms with van der Waals surface area (Å²) in [6, 6.07) is 7.50. The van der Waals surface area contributed by atoms with Gasteiger partial charge in [-0.25, -0.2) is 4.39 Å². The summed E-state index contributed by atoms with van der Waals surface area (Å²) in [4.78, 5) is 16.3. The molecule has 1 aromatic carbocycles. The average molecular weight is 357 g/mol. The van der Waals surface area contributed by atoms with E-state index in [0.717, 1.165) is 11.0 Å². The van der Waals surface area contributed by atoms with Crippen LogP contribution in [0, 0.1) is 5.92 Å². The summed E-state index contributed by atoms with van der Waals surface area (Å²) in [6.45, 7) is 6.05. The van der Waals surface area contributed by atoms with Crippen LogP contribution < -0.4 is 0 Å². The van der Waals surface area contributed by atoms with Crippen LogP contribution in [-0.4, -0.2) is 54.6 Å². The van der Waals surface area contributed by atoms with Crippen molar-refractivity contribution in [1.29, 1.82) is 0 Å². The molecule has 21 heavy (non-hydrogen) atoms. The zero-order valence-corrected chi connectivity index (χ0v) is 14.3. The molecule has 1 amide bonds. The van der Waals surface area contributed by atoms with Crippen LogP contribution in [0.4, 0.5) is 4.39 Å². The quantitative estimate of drug-likeness (QED) is 0.808. The first-order valence-corrected chi connectivity index (χ1v) is 8.07. The molecule has 0 saturated carbocycles. The Bertz CT molecular complexity index is 488. The van der Waals surface area contributed by atoms with Gasteiger partial charge in [-0.2, -0.15) is 0 Å². The molecule has 1 aromatic rings. The van der Waals surface area contributed by atoms with Crippen molar-refractivity contribution in [2.24, 2.45) is 5.92 Å². The topological polar surface area (TPSA) is 23.6 Å². The maximum Gasteiger partial charge on any atom is 0.253 e. The lowest BCUT2D eigenvalue weighted by molar-refractivity contribution is 0.0369. The van der Waals surface area contributed by atoms with Crippen molar-refractivity contribution in [3.63, 3.8) is 0 Å². The molecule has 1 fully saturated rings. The summed E-state index contributed by atoms with van der Waals surface area (Å²) in [7, 11) is 1.83. The van der Waals surface area contributed by atoms with Crippen molar-refractivity contribution in [3.05, 3.63) is 34.3 Å². The van der Waals surface area contributed by atoms with Crippen molar-refractivity contribution in [2.45, 2.75) is 26.1 Å². The average Bonchev–Trinajstić information content (AvgIpc) is 2.44. The minimum atomic E-state index is -0.672. The molecular formula is C16H22BrFN2O.